The van der Waals surface area contributed by atoms with Crippen LogP contribution in [0.4, 0.5) is 5.69 Å². The zero-order valence-corrected chi connectivity index (χ0v) is 9.12. The monoisotopic (exact) mass is 237 g/mol. The van der Waals surface area contributed by atoms with Crippen molar-refractivity contribution in [2.75, 3.05) is 6.61 Å². The molecule has 6 nitrogen and oxygen atoms in total. The van der Waals surface area contributed by atoms with E-state index in [1.54, 1.807) is 6.92 Å². The number of carbonyl (C=O) groups is 1. The van der Waals surface area contributed by atoms with E-state index < -0.39 is 10.9 Å². The van der Waals surface area contributed by atoms with Crippen LogP contribution in [-0.4, -0.2) is 22.6 Å². The fourth-order valence-corrected chi connectivity index (χ4v) is 1.16. The fourth-order valence-electron chi connectivity index (χ4n) is 1.16. The topological polar surface area (TPSA) is 89.7 Å². The first-order valence-corrected chi connectivity index (χ1v) is 4.87. The second kappa shape index (κ2) is 5.64. The van der Waals surface area contributed by atoms with Crippen molar-refractivity contribution in [2.45, 2.75) is 6.92 Å². The highest BCUT2D eigenvalue weighted by Gasteiger charge is 2.09. The molecular formula is C11H11NO5. The number of rotatable bonds is 5. The lowest BCUT2D eigenvalue weighted by Crippen LogP contribution is -2.04. The van der Waals surface area contributed by atoms with Crippen molar-refractivity contribution in [1.29, 1.82) is 0 Å². The number of hydrogen-bond donors (Lipinski definition) is 1. The van der Waals surface area contributed by atoms with Gasteiger partial charge in [0.25, 0.3) is 5.69 Å². The molecule has 0 aromatic heterocycles. The third-order valence-corrected chi connectivity index (χ3v) is 1.91. The van der Waals surface area contributed by atoms with Crippen LogP contribution >= 0.6 is 0 Å². The maximum absolute atomic E-state index is 10.8. The molecule has 0 fully saturated rings. The summed E-state index contributed by atoms with van der Waals surface area (Å²) in [6, 6.07) is 5.52. The Hall–Kier alpha value is -2.37. The summed E-state index contributed by atoms with van der Waals surface area (Å²) >= 11 is 0. The van der Waals surface area contributed by atoms with Gasteiger partial charge in [-0.05, 0) is 30.7 Å². The van der Waals surface area contributed by atoms with Crippen LogP contribution in [-0.2, 0) is 9.53 Å². The van der Waals surface area contributed by atoms with E-state index in [0.717, 1.165) is 0 Å². The van der Waals surface area contributed by atoms with Gasteiger partial charge in [0.05, 0.1) is 11.5 Å². The number of nitrogens with zero attached hydrogens (tertiary/aromatic N) is 1. The zero-order valence-electron chi connectivity index (χ0n) is 9.12. The number of nitro benzene ring substituents is 1. The number of carboxylic acid groups (broad SMARTS) is 1. The number of non-ortho nitro benzene ring substituents is 1. The van der Waals surface area contributed by atoms with Crippen LogP contribution < -0.4 is 0 Å². The molecule has 0 bridgehead atoms. The smallest absolute Gasteiger partial charge is 0.371 e. The number of ether oxygens (including phenoxy) is 1. The molecule has 0 radical (unpaired) electrons. The Kier molecular flexibility index (Phi) is 4.21. The molecule has 90 valence electrons. The lowest BCUT2D eigenvalue weighted by Gasteiger charge is -2.03. The molecule has 0 aliphatic carbocycles. The summed E-state index contributed by atoms with van der Waals surface area (Å²) in [5.41, 5.74) is 0.483. The van der Waals surface area contributed by atoms with Crippen molar-refractivity contribution in [1.82, 2.24) is 0 Å². The molecule has 17 heavy (non-hydrogen) atoms. The molecule has 0 amide bonds. The Bertz CT molecular complexity index is 449. The van der Waals surface area contributed by atoms with E-state index in [4.69, 9.17) is 9.84 Å². The Morgan fingerprint density at radius 3 is 2.47 bits per heavy atom. The Morgan fingerprint density at radius 2 is 2.06 bits per heavy atom. The van der Waals surface area contributed by atoms with Crippen molar-refractivity contribution >= 4 is 17.7 Å². The molecule has 0 saturated heterocycles. The SMILES string of the molecule is CCO/C(=C\c1ccc([N+](=O)[O-])cc1)C(=O)O. The first-order chi connectivity index (χ1) is 8.04. The molecule has 1 aromatic carbocycles. The largest absolute Gasteiger partial charge is 0.487 e. The summed E-state index contributed by atoms with van der Waals surface area (Å²) < 4.78 is 4.91. The molecule has 0 heterocycles. The Balaban J connectivity index is 2.96. The van der Waals surface area contributed by atoms with Crippen LogP contribution in [0.25, 0.3) is 6.08 Å². The standard InChI is InChI=1S/C11H11NO5/c1-2-17-10(11(13)14)7-8-3-5-9(6-4-8)12(15)16/h3-7H,2H2,1H3,(H,13,14)/b10-7-. The van der Waals surface area contributed by atoms with Gasteiger partial charge < -0.3 is 9.84 Å². The predicted octanol–water partition coefficient (Wildman–Crippen LogP) is 2.06. The summed E-state index contributed by atoms with van der Waals surface area (Å²) in [7, 11) is 0. The van der Waals surface area contributed by atoms with Gasteiger partial charge in [0.2, 0.25) is 5.76 Å². The molecule has 6 heteroatoms. The van der Waals surface area contributed by atoms with Gasteiger partial charge in [-0.3, -0.25) is 10.1 Å². The van der Waals surface area contributed by atoms with Crippen LogP contribution in [0.15, 0.2) is 30.0 Å². The second-order valence-electron chi connectivity index (χ2n) is 3.10. The molecule has 1 rings (SSSR count). The van der Waals surface area contributed by atoms with E-state index in [9.17, 15) is 14.9 Å². The van der Waals surface area contributed by atoms with Gasteiger partial charge in [0.15, 0.2) is 0 Å². The number of benzene rings is 1. The van der Waals surface area contributed by atoms with Crippen LogP contribution in [0, 0.1) is 10.1 Å². The summed E-state index contributed by atoms with van der Waals surface area (Å²) in [5.74, 6) is -1.37. The van der Waals surface area contributed by atoms with Gasteiger partial charge in [-0.25, -0.2) is 4.79 Å². The maximum atomic E-state index is 10.8. The molecule has 0 aliphatic rings. The lowest BCUT2D eigenvalue weighted by atomic mass is 10.2. The van der Waals surface area contributed by atoms with Gasteiger partial charge >= 0.3 is 5.97 Å². The quantitative estimate of drug-likeness (QED) is 0.366. The first kappa shape index (κ1) is 12.7. The minimum absolute atomic E-state index is 0.0459. The van der Waals surface area contributed by atoms with E-state index in [-0.39, 0.29) is 18.1 Å². The molecule has 1 aromatic rings. The van der Waals surface area contributed by atoms with Gasteiger partial charge in [0, 0.05) is 12.1 Å². The zero-order chi connectivity index (χ0) is 12.8. The highest BCUT2D eigenvalue weighted by Crippen LogP contribution is 2.14. The Morgan fingerprint density at radius 1 is 1.47 bits per heavy atom. The van der Waals surface area contributed by atoms with Crippen molar-refractivity contribution in [3.63, 3.8) is 0 Å². The summed E-state index contributed by atoms with van der Waals surface area (Å²) in [5, 5.41) is 19.2. The van der Waals surface area contributed by atoms with E-state index in [0.29, 0.717) is 5.56 Å². The minimum Gasteiger partial charge on any atom is -0.487 e. The molecule has 0 atom stereocenters. The average Bonchev–Trinajstić information content (AvgIpc) is 2.29. The van der Waals surface area contributed by atoms with E-state index >= 15 is 0 Å². The lowest BCUT2D eigenvalue weighted by molar-refractivity contribution is -0.384. The van der Waals surface area contributed by atoms with Crippen molar-refractivity contribution in [2.24, 2.45) is 0 Å². The third-order valence-electron chi connectivity index (χ3n) is 1.91. The number of carboxylic acids is 1. The second-order valence-corrected chi connectivity index (χ2v) is 3.10. The summed E-state index contributed by atoms with van der Waals surface area (Å²) in [4.78, 5) is 20.7. The van der Waals surface area contributed by atoms with Crippen LogP contribution in [0.5, 0.6) is 0 Å². The van der Waals surface area contributed by atoms with E-state index in [1.807, 2.05) is 0 Å². The molecular weight excluding hydrogens is 226 g/mol. The predicted molar refractivity (Wildman–Crippen MR) is 60.3 cm³/mol. The normalized spacial score (nSPS) is 11.0. The molecule has 1 N–H and O–H groups in total. The van der Waals surface area contributed by atoms with Crippen molar-refractivity contribution in [3.8, 4) is 0 Å². The Labute approximate surface area is 97.3 Å². The van der Waals surface area contributed by atoms with Gasteiger partial charge in [-0.15, -0.1) is 0 Å². The number of aliphatic carboxylic acids is 1. The van der Waals surface area contributed by atoms with Crippen molar-refractivity contribution in [3.05, 3.63) is 45.7 Å². The van der Waals surface area contributed by atoms with E-state index in [2.05, 4.69) is 0 Å². The molecule has 0 aliphatic heterocycles. The van der Waals surface area contributed by atoms with Gasteiger partial charge in [0.1, 0.15) is 0 Å². The van der Waals surface area contributed by atoms with Gasteiger partial charge in [-0.1, -0.05) is 0 Å². The third kappa shape index (κ3) is 3.60. The maximum Gasteiger partial charge on any atom is 0.371 e. The average molecular weight is 237 g/mol. The van der Waals surface area contributed by atoms with Crippen LogP contribution in [0.1, 0.15) is 12.5 Å². The fraction of sp³-hybridized carbons (Fsp3) is 0.182. The molecule has 0 saturated carbocycles. The van der Waals surface area contributed by atoms with E-state index in [1.165, 1.54) is 30.3 Å². The van der Waals surface area contributed by atoms with Crippen molar-refractivity contribution < 1.29 is 19.6 Å². The van der Waals surface area contributed by atoms with Gasteiger partial charge in [-0.2, -0.15) is 0 Å². The highest BCUT2D eigenvalue weighted by atomic mass is 16.6. The molecule has 0 unspecified atom stereocenters. The summed E-state index contributed by atoms with van der Waals surface area (Å²) in [6.45, 7) is 1.91. The number of nitro groups is 1. The molecule has 0 spiro atoms. The minimum atomic E-state index is -1.18. The van der Waals surface area contributed by atoms with Crippen LogP contribution in [0.3, 0.4) is 0 Å². The number of hydrogen-bond acceptors (Lipinski definition) is 4. The highest BCUT2D eigenvalue weighted by molar-refractivity contribution is 5.89. The summed E-state index contributed by atoms with van der Waals surface area (Å²) in [6.07, 6.45) is 1.32. The first-order valence-electron chi connectivity index (χ1n) is 4.87. The van der Waals surface area contributed by atoms with Crippen LogP contribution in [0.2, 0.25) is 0 Å².